The predicted molar refractivity (Wildman–Crippen MR) is 171 cm³/mol. The summed E-state index contributed by atoms with van der Waals surface area (Å²) in [6.07, 6.45) is 11.7. The van der Waals surface area contributed by atoms with Gasteiger partial charge in [-0.1, -0.05) is 53.5 Å². The first-order chi connectivity index (χ1) is 20.6. The largest absolute Gasteiger partial charge is 0.756 e. The average Bonchev–Trinajstić information content (AvgIpc) is 2.92. The SMILES string of the molecule is CC(=O)N[C@H]1[C@@H](OP(=O)([O-])OCCC(C)CC/C=C(/C)CC/C=C(\C)CC/C=C(\C)CCC=C(C)C)O[C@H](CO)[C@@H](O)[C@@H]1O. The van der Waals surface area contributed by atoms with Crippen LogP contribution in [0.25, 0.3) is 0 Å². The third-order valence-corrected chi connectivity index (χ3v) is 8.62. The molecule has 0 radical (unpaired) electrons. The third-order valence-electron chi connectivity index (χ3n) is 7.65. The van der Waals surface area contributed by atoms with Gasteiger partial charge in [0.05, 0.1) is 13.2 Å². The Morgan fingerprint density at radius 1 is 0.886 bits per heavy atom. The quantitative estimate of drug-likeness (QED) is 0.101. The number of ether oxygens (including phenoxy) is 1. The van der Waals surface area contributed by atoms with Crippen LogP contribution in [0.1, 0.15) is 106 Å². The summed E-state index contributed by atoms with van der Waals surface area (Å²) < 4.78 is 27.7. The van der Waals surface area contributed by atoms with Gasteiger partial charge in [0, 0.05) is 6.92 Å². The van der Waals surface area contributed by atoms with Crippen molar-refractivity contribution in [2.45, 2.75) is 137 Å². The van der Waals surface area contributed by atoms with Gasteiger partial charge in [-0.15, -0.1) is 0 Å². The second kappa shape index (κ2) is 21.2. The second-order valence-corrected chi connectivity index (χ2v) is 13.7. The number of phosphoric ester groups is 1. The van der Waals surface area contributed by atoms with Gasteiger partial charge in [-0.2, -0.15) is 0 Å². The highest BCUT2D eigenvalue weighted by atomic mass is 31.2. The molecule has 1 fully saturated rings. The molecule has 1 rings (SSSR count). The minimum atomic E-state index is -4.89. The van der Waals surface area contributed by atoms with Crippen LogP contribution in [-0.2, 0) is 23.1 Å². The number of phosphoric acid groups is 1. The van der Waals surface area contributed by atoms with Crippen LogP contribution in [0.5, 0.6) is 0 Å². The van der Waals surface area contributed by atoms with Crippen LogP contribution in [-0.4, -0.2) is 65.1 Å². The monoisotopic (exact) mass is 642 g/mol. The van der Waals surface area contributed by atoms with E-state index in [1.807, 2.05) is 6.92 Å². The summed E-state index contributed by atoms with van der Waals surface area (Å²) in [4.78, 5) is 24.0. The van der Waals surface area contributed by atoms with Crippen LogP contribution in [0.3, 0.4) is 0 Å². The average molecular weight is 643 g/mol. The van der Waals surface area contributed by atoms with Crippen molar-refractivity contribution in [2.75, 3.05) is 13.2 Å². The van der Waals surface area contributed by atoms with Gasteiger partial charge in [-0.3, -0.25) is 13.9 Å². The van der Waals surface area contributed by atoms with Crippen molar-refractivity contribution in [1.82, 2.24) is 5.32 Å². The van der Waals surface area contributed by atoms with E-state index in [-0.39, 0.29) is 12.5 Å². The zero-order chi connectivity index (χ0) is 33.3. The highest BCUT2D eigenvalue weighted by Gasteiger charge is 2.46. The van der Waals surface area contributed by atoms with Crippen LogP contribution in [0.2, 0.25) is 0 Å². The Morgan fingerprint density at radius 2 is 1.41 bits per heavy atom. The van der Waals surface area contributed by atoms with Gasteiger partial charge in [0.2, 0.25) is 5.91 Å². The molecular formula is C33H57NO9P-. The zero-order valence-electron chi connectivity index (χ0n) is 27.8. The number of aliphatic hydroxyl groups is 3. The number of nitrogens with one attached hydrogen (secondary N) is 1. The van der Waals surface area contributed by atoms with E-state index in [1.165, 1.54) is 22.3 Å². The highest BCUT2D eigenvalue weighted by molar-refractivity contribution is 7.45. The Bertz CT molecular complexity index is 1030. The fourth-order valence-electron chi connectivity index (χ4n) is 4.83. The molecule has 0 aromatic carbocycles. The Hall–Kier alpha value is -1.62. The minimum Gasteiger partial charge on any atom is -0.756 e. The van der Waals surface area contributed by atoms with E-state index in [0.717, 1.165) is 58.3 Å². The van der Waals surface area contributed by atoms with E-state index >= 15 is 0 Å². The summed E-state index contributed by atoms with van der Waals surface area (Å²) >= 11 is 0. The molecular weight excluding hydrogens is 585 g/mol. The number of carbonyl (C=O) groups excluding carboxylic acids is 1. The van der Waals surface area contributed by atoms with Gasteiger partial charge in [-0.05, 0) is 98.3 Å². The lowest BCUT2D eigenvalue weighted by atomic mass is 9.97. The first kappa shape index (κ1) is 40.4. The maximum Gasteiger partial charge on any atom is 0.270 e. The van der Waals surface area contributed by atoms with Gasteiger partial charge >= 0.3 is 0 Å². The van der Waals surface area contributed by atoms with E-state index in [2.05, 4.69) is 64.2 Å². The van der Waals surface area contributed by atoms with E-state index < -0.39 is 51.0 Å². The van der Waals surface area contributed by atoms with Gasteiger partial charge in [-0.25, -0.2) is 0 Å². The Labute approximate surface area is 264 Å². The number of rotatable bonds is 20. The first-order valence-corrected chi connectivity index (χ1v) is 17.2. The fourth-order valence-corrected chi connectivity index (χ4v) is 5.65. The number of amides is 1. The van der Waals surface area contributed by atoms with Crippen LogP contribution < -0.4 is 10.2 Å². The Kier molecular flexibility index (Phi) is 19.5. The molecule has 0 bridgehead atoms. The molecule has 2 unspecified atom stereocenters. The number of hydrogen-bond acceptors (Lipinski definition) is 9. The standard InChI is InChI=1S/C33H58NO9P/c1-23(2)12-8-13-24(3)14-9-15-25(4)16-10-17-26(5)18-11-19-27(6)20-21-41-44(39,40)43-33-30(34-28(7)36)32(38)31(37)29(22-35)42-33/h12,14,16,18,27,29-33,35,37-38H,8-11,13,15,17,19-22H2,1-7H3,(H,34,36)(H,39,40)/p-1/b24-14+,25-16+,26-18-/t27?,29-,30-,31-,32-,33-/m1/s1. The minimum absolute atomic E-state index is 0.106. The highest BCUT2D eigenvalue weighted by Crippen LogP contribution is 2.42. The van der Waals surface area contributed by atoms with Crippen molar-refractivity contribution in [3.05, 3.63) is 46.6 Å². The second-order valence-electron chi connectivity index (χ2n) is 12.3. The molecule has 254 valence electrons. The number of carbonyl (C=O) groups is 1. The molecule has 1 saturated heterocycles. The van der Waals surface area contributed by atoms with Gasteiger partial charge in [0.25, 0.3) is 7.82 Å². The van der Waals surface area contributed by atoms with E-state index in [0.29, 0.717) is 6.42 Å². The lowest BCUT2D eigenvalue weighted by Crippen LogP contribution is -2.64. The summed E-state index contributed by atoms with van der Waals surface area (Å²) in [6.45, 7) is 13.2. The lowest BCUT2D eigenvalue weighted by molar-refractivity contribution is -0.283. The lowest BCUT2D eigenvalue weighted by Gasteiger charge is -2.43. The van der Waals surface area contributed by atoms with Crippen molar-refractivity contribution in [3.8, 4) is 0 Å². The third kappa shape index (κ3) is 17.2. The van der Waals surface area contributed by atoms with E-state index in [4.69, 9.17) is 13.8 Å². The molecule has 0 aliphatic carbocycles. The molecule has 1 amide bonds. The molecule has 7 atom stereocenters. The summed E-state index contributed by atoms with van der Waals surface area (Å²) in [5, 5.41) is 32.1. The molecule has 1 aliphatic heterocycles. The van der Waals surface area contributed by atoms with Crippen LogP contribution in [0.4, 0.5) is 0 Å². The van der Waals surface area contributed by atoms with Crippen molar-refractivity contribution < 1.29 is 43.4 Å². The number of aliphatic hydroxyl groups excluding tert-OH is 3. The molecule has 11 heteroatoms. The molecule has 4 N–H and O–H groups in total. The Balaban J connectivity index is 2.39. The number of allylic oxidation sites excluding steroid dienone is 8. The van der Waals surface area contributed by atoms with Crippen molar-refractivity contribution in [2.24, 2.45) is 5.92 Å². The summed E-state index contributed by atoms with van der Waals surface area (Å²) in [5.74, 6) is -0.388. The summed E-state index contributed by atoms with van der Waals surface area (Å²) in [6, 6.07) is -1.38. The van der Waals surface area contributed by atoms with Crippen LogP contribution in [0.15, 0.2) is 46.6 Å². The van der Waals surface area contributed by atoms with Crippen molar-refractivity contribution in [1.29, 1.82) is 0 Å². The normalized spacial score (nSPS) is 25.3. The molecule has 0 aromatic heterocycles. The van der Waals surface area contributed by atoms with Crippen LogP contribution >= 0.6 is 7.82 Å². The van der Waals surface area contributed by atoms with Gasteiger partial charge in [0.1, 0.15) is 24.4 Å². The first-order valence-electron chi connectivity index (χ1n) is 15.8. The topological polar surface area (TPSA) is 158 Å². The summed E-state index contributed by atoms with van der Waals surface area (Å²) in [7, 11) is -4.89. The van der Waals surface area contributed by atoms with Gasteiger partial charge < -0.3 is 34.8 Å². The predicted octanol–water partition coefficient (Wildman–Crippen LogP) is 5.38. The van der Waals surface area contributed by atoms with Crippen LogP contribution in [0, 0.1) is 5.92 Å². The molecule has 0 aromatic rings. The molecule has 44 heavy (non-hydrogen) atoms. The summed E-state index contributed by atoms with van der Waals surface area (Å²) in [5.41, 5.74) is 5.58. The Morgan fingerprint density at radius 3 is 1.91 bits per heavy atom. The molecule has 10 nitrogen and oxygen atoms in total. The molecule has 0 saturated carbocycles. The van der Waals surface area contributed by atoms with Crippen molar-refractivity contribution >= 4 is 13.7 Å². The smallest absolute Gasteiger partial charge is 0.270 e. The molecule has 0 spiro atoms. The molecule has 1 heterocycles. The van der Waals surface area contributed by atoms with Crippen molar-refractivity contribution in [3.63, 3.8) is 0 Å². The maximum absolute atomic E-state index is 12.5. The van der Waals surface area contributed by atoms with E-state index in [1.54, 1.807) is 0 Å². The number of hydrogen-bond donors (Lipinski definition) is 4. The van der Waals surface area contributed by atoms with Gasteiger partial charge in [0.15, 0.2) is 6.29 Å². The maximum atomic E-state index is 12.5. The fraction of sp³-hybridized carbons (Fsp3) is 0.727. The van der Waals surface area contributed by atoms with E-state index in [9.17, 15) is 29.6 Å². The molecule has 1 aliphatic rings. The zero-order valence-corrected chi connectivity index (χ0v) is 28.7.